The SMILES string of the molecule is CCc1ccc(COC(=O)CC(=O)O)cc1. The van der Waals surface area contributed by atoms with Crippen molar-refractivity contribution in [3.63, 3.8) is 0 Å². The molecule has 4 heteroatoms. The normalized spacial score (nSPS) is 9.81. The summed E-state index contributed by atoms with van der Waals surface area (Å²) in [5.74, 6) is -1.89. The van der Waals surface area contributed by atoms with Gasteiger partial charge >= 0.3 is 11.9 Å². The Bertz CT molecular complexity index is 367. The summed E-state index contributed by atoms with van der Waals surface area (Å²) in [5.41, 5.74) is 2.07. The summed E-state index contributed by atoms with van der Waals surface area (Å²) in [6.07, 6.45) is 0.367. The lowest BCUT2D eigenvalue weighted by molar-refractivity contribution is -0.152. The maximum Gasteiger partial charge on any atom is 0.317 e. The molecule has 0 saturated heterocycles. The number of aliphatic carboxylic acids is 1. The second kappa shape index (κ2) is 5.90. The number of rotatable bonds is 5. The van der Waals surface area contributed by atoms with E-state index in [1.807, 2.05) is 24.3 Å². The van der Waals surface area contributed by atoms with Crippen LogP contribution in [0.2, 0.25) is 0 Å². The highest BCUT2D eigenvalue weighted by Gasteiger charge is 2.08. The molecule has 0 atom stereocenters. The van der Waals surface area contributed by atoms with E-state index >= 15 is 0 Å². The molecule has 0 aliphatic heterocycles. The Balaban J connectivity index is 2.42. The molecule has 0 saturated carbocycles. The highest BCUT2D eigenvalue weighted by atomic mass is 16.5. The van der Waals surface area contributed by atoms with Gasteiger partial charge in [-0.15, -0.1) is 0 Å². The second-order valence-electron chi connectivity index (χ2n) is 3.40. The van der Waals surface area contributed by atoms with Crippen LogP contribution in [0, 0.1) is 0 Å². The number of hydrogen-bond donors (Lipinski definition) is 1. The molecule has 0 bridgehead atoms. The van der Waals surface area contributed by atoms with Crippen LogP contribution in [0.4, 0.5) is 0 Å². The van der Waals surface area contributed by atoms with Gasteiger partial charge in [0.1, 0.15) is 13.0 Å². The summed E-state index contributed by atoms with van der Waals surface area (Å²) < 4.78 is 4.79. The molecule has 0 amide bonds. The van der Waals surface area contributed by atoms with E-state index in [1.54, 1.807) is 0 Å². The third kappa shape index (κ3) is 4.13. The van der Waals surface area contributed by atoms with Gasteiger partial charge in [0.2, 0.25) is 0 Å². The van der Waals surface area contributed by atoms with E-state index in [0.29, 0.717) is 0 Å². The summed E-state index contributed by atoms with van der Waals surface area (Å²) in [5, 5.41) is 8.35. The molecule has 1 rings (SSSR count). The molecule has 0 unspecified atom stereocenters. The molecule has 0 spiro atoms. The van der Waals surface area contributed by atoms with Crippen LogP contribution in [-0.4, -0.2) is 17.0 Å². The van der Waals surface area contributed by atoms with Crippen molar-refractivity contribution in [1.29, 1.82) is 0 Å². The van der Waals surface area contributed by atoms with Gasteiger partial charge in [0.15, 0.2) is 0 Å². The number of aryl methyl sites for hydroxylation is 1. The number of hydrogen-bond acceptors (Lipinski definition) is 3. The molecule has 0 aliphatic carbocycles. The number of carbonyl (C=O) groups excluding carboxylic acids is 1. The molecule has 4 nitrogen and oxygen atoms in total. The Morgan fingerprint density at radius 1 is 1.19 bits per heavy atom. The first-order valence-electron chi connectivity index (χ1n) is 5.07. The van der Waals surface area contributed by atoms with E-state index in [2.05, 4.69) is 6.92 Å². The highest BCUT2D eigenvalue weighted by Crippen LogP contribution is 2.06. The lowest BCUT2D eigenvalue weighted by Crippen LogP contribution is -2.10. The predicted octanol–water partition coefficient (Wildman–Crippen LogP) is 1.77. The van der Waals surface area contributed by atoms with Crippen molar-refractivity contribution in [1.82, 2.24) is 0 Å². The summed E-state index contributed by atoms with van der Waals surface area (Å²) >= 11 is 0. The summed E-state index contributed by atoms with van der Waals surface area (Å²) in [6, 6.07) is 7.65. The average Bonchev–Trinajstić information content (AvgIpc) is 2.26. The predicted molar refractivity (Wildman–Crippen MR) is 57.9 cm³/mol. The molecule has 0 heterocycles. The average molecular weight is 222 g/mol. The van der Waals surface area contributed by atoms with Crippen LogP contribution >= 0.6 is 0 Å². The quantitative estimate of drug-likeness (QED) is 0.609. The zero-order chi connectivity index (χ0) is 12.0. The first-order valence-corrected chi connectivity index (χ1v) is 5.07. The van der Waals surface area contributed by atoms with E-state index in [4.69, 9.17) is 9.84 Å². The fourth-order valence-electron chi connectivity index (χ4n) is 1.21. The molecule has 1 aromatic carbocycles. The Kier molecular flexibility index (Phi) is 4.51. The summed E-state index contributed by atoms with van der Waals surface area (Å²) in [4.78, 5) is 21.2. The molecular weight excluding hydrogens is 208 g/mol. The zero-order valence-corrected chi connectivity index (χ0v) is 9.10. The van der Waals surface area contributed by atoms with Crippen LogP contribution in [0.15, 0.2) is 24.3 Å². The van der Waals surface area contributed by atoms with E-state index in [-0.39, 0.29) is 6.61 Å². The number of benzene rings is 1. The number of carboxylic acid groups (broad SMARTS) is 1. The molecule has 1 aromatic rings. The van der Waals surface area contributed by atoms with Crippen LogP contribution in [0.5, 0.6) is 0 Å². The Morgan fingerprint density at radius 2 is 1.75 bits per heavy atom. The van der Waals surface area contributed by atoms with Crippen molar-refractivity contribution < 1.29 is 19.4 Å². The highest BCUT2D eigenvalue weighted by molar-refractivity contribution is 5.90. The van der Waals surface area contributed by atoms with Crippen molar-refractivity contribution in [3.05, 3.63) is 35.4 Å². The largest absolute Gasteiger partial charge is 0.481 e. The van der Waals surface area contributed by atoms with Gasteiger partial charge in [0, 0.05) is 0 Å². The van der Waals surface area contributed by atoms with Gasteiger partial charge in [-0.3, -0.25) is 9.59 Å². The fraction of sp³-hybridized carbons (Fsp3) is 0.333. The van der Waals surface area contributed by atoms with Crippen LogP contribution in [-0.2, 0) is 27.4 Å². The molecule has 0 aliphatic rings. The fourth-order valence-corrected chi connectivity index (χ4v) is 1.21. The number of carboxylic acids is 1. The van der Waals surface area contributed by atoms with E-state index in [1.165, 1.54) is 5.56 Å². The minimum Gasteiger partial charge on any atom is -0.481 e. The maximum atomic E-state index is 10.9. The first-order chi connectivity index (χ1) is 7.61. The monoisotopic (exact) mass is 222 g/mol. The standard InChI is InChI=1S/C12H14O4/c1-2-9-3-5-10(6-4-9)8-16-12(15)7-11(13)14/h3-6H,2,7-8H2,1H3,(H,13,14). The topological polar surface area (TPSA) is 63.6 Å². The van der Waals surface area contributed by atoms with Crippen molar-refractivity contribution >= 4 is 11.9 Å². The molecular formula is C12H14O4. The molecule has 0 aromatic heterocycles. The van der Waals surface area contributed by atoms with Gasteiger partial charge in [-0.1, -0.05) is 31.2 Å². The maximum absolute atomic E-state index is 10.9. The van der Waals surface area contributed by atoms with Gasteiger partial charge in [-0.05, 0) is 17.5 Å². The molecule has 0 radical (unpaired) electrons. The van der Waals surface area contributed by atoms with Crippen LogP contribution < -0.4 is 0 Å². The lowest BCUT2D eigenvalue weighted by Gasteiger charge is -2.04. The zero-order valence-electron chi connectivity index (χ0n) is 9.10. The van der Waals surface area contributed by atoms with E-state index in [9.17, 15) is 9.59 Å². The minimum atomic E-state index is -1.17. The van der Waals surface area contributed by atoms with Crippen molar-refractivity contribution in [3.8, 4) is 0 Å². The third-order valence-electron chi connectivity index (χ3n) is 2.13. The van der Waals surface area contributed by atoms with Crippen LogP contribution in [0.25, 0.3) is 0 Å². The van der Waals surface area contributed by atoms with E-state index in [0.717, 1.165) is 12.0 Å². The Morgan fingerprint density at radius 3 is 2.25 bits per heavy atom. The smallest absolute Gasteiger partial charge is 0.317 e. The van der Waals surface area contributed by atoms with Gasteiger partial charge in [-0.25, -0.2) is 0 Å². The summed E-state index contributed by atoms with van der Waals surface area (Å²) in [7, 11) is 0. The number of carbonyl (C=O) groups is 2. The van der Waals surface area contributed by atoms with E-state index < -0.39 is 18.4 Å². The second-order valence-corrected chi connectivity index (χ2v) is 3.40. The van der Waals surface area contributed by atoms with Crippen LogP contribution in [0.3, 0.4) is 0 Å². The molecule has 0 fully saturated rings. The van der Waals surface area contributed by atoms with Gasteiger partial charge < -0.3 is 9.84 Å². The minimum absolute atomic E-state index is 0.121. The van der Waals surface area contributed by atoms with Crippen molar-refractivity contribution in [2.24, 2.45) is 0 Å². The van der Waals surface area contributed by atoms with Crippen molar-refractivity contribution in [2.45, 2.75) is 26.4 Å². The molecule has 1 N–H and O–H groups in total. The van der Waals surface area contributed by atoms with Gasteiger partial charge in [0.05, 0.1) is 0 Å². The first kappa shape index (κ1) is 12.2. The Hall–Kier alpha value is -1.84. The van der Waals surface area contributed by atoms with Gasteiger partial charge in [-0.2, -0.15) is 0 Å². The van der Waals surface area contributed by atoms with Gasteiger partial charge in [0.25, 0.3) is 0 Å². The number of esters is 1. The Labute approximate surface area is 93.9 Å². The number of ether oxygens (including phenoxy) is 1. The van der Waals surface area contributed by atoms with Crippen molar-refractivity contribution in [2.75, 3.05) is 0 Å². The van der Waals surface area contributed by atoms with Crippen LogP contribution in [0.1, 0.15) is 24.5 Å². The summed E-state index contributed by atoms with van der Waals surface area (Å²) in [6.45, 7) is 2.18. The molecule has 86 valence electrons. The third-order valence-corrected chi connectivity index (χ3v) is 2.13. The lowest BCUT2D eigenvalue weighted by atomic mass is 10.1. The molecule has 16 heavy (non-hydrogen) atoms.